The van der Waals surface area contributed by atoms with Crippen molar-refractivity contribution in [2.75, 3.05) is 45.8 Å². The molecule has 0 spiro atoms. The Balaban J connectivity index is 0.00000185. The number of H-pyrrole nitrogens is 1. The lowest BCUT2D eigenvalue weighted by Gasteiger charge is -2.36. The number of nitrogens with one attached hydrogen (secondary N) is 1. The highest BCUT2D eigenvalue weighted by Crippen LogP contribution is 2.43. The quantitative estimate of drug-likeness (QED) is 0.192. The number of quaternary nitrogens is 1. The number of aromatic nitrogens is 3. The van der Waals surface area contributed by atoms with Crippen LogP contribution in [0.2, 0.25) is 0 Å². The number of methoxy groups -OCH3 is 1. The summed E-state index contributed by atoms with van der Waals surface area (Å²) in [7, 11) is 5.31. The molecule has 4 rings (SSSR count). The van der Waals surface area contributed by atoms with Crippen LogP contribution in [0.4, 0.5) is 24.8 Å². The van der Waals surface area contributed by atoms with E-state index >= 15 is 0 Å². The van der Waals surface area contributed by atoms with E-state index in [0.29, 0.717) is 34.9 Å². The van der Waals surface area contributed by atoms with Gasteiger partial charge in [0, 0.05) is 37.3 Å². The second kappa shape index (κ2) is 14.9. The molecule has 246 valence electrons. The molecule has 1 aliphatic heterocycles. The van der Waals surface area contributed by atoms with Crippen LogP contribution in [0.15, 0.2) is 58.5 Å². The van der Waals surface area contributed by atoms with Crippen LogP contribution < -0.4 is 15.7 Å². The van der Waals surface area contributed by atoms with Gasteiger partial charge in [-0.15, -0.1) is 5.10 Å². The van der Waals surface area contributed by atoms with Crippen molar-refractivity contribution in [2.24, 2.45) is 0 Å². The van der Waals surface area contributed by atoms with Gasteiger partial charge < -0.3 is 24.2 Å². The van der Waals surface area contributed by atoms with Gasteiger partial charge in [-0.05, 0) is 54.8 Å². The number of aliphatic hydroxyl groups is 1. The van der Waals surface area contributed by atoms with E-state index in [4.69, 9.17) is 14.6 Å². The second-order valence-corrected chi connectivity index (χ2v) is 11.2. The molecule has 46 heavy (non-hydrogen) atoms. The van der Waals surface area contributed by atoms with E-state index in [1.807, 2.05) is 0 Å². The van der Waals surface area contributed by atoms with Gasteiger partial charge in [0.15, 0.2) is 0 Å². The molecule has 1 aliphatic rings. The first-order valence-corrected chi connectivity index (χ1v) is 14.2. The van der Waals surface area contributed by atoms with Crippen LogP contribution >= 0.6 is 0 Å². The summed E-state index contributed by atoms with van der Waals surface area (Å²) in [6.07, 6.45) is -2.75. The first kappa shape index (κ1) is 35.5. The Morgan fingerprint density at radius 1 is 1.22 bits per heavy atom. The van der Waals surface area contributed by atoms with Gasteiger partial charge in [0.05, 0.1) is 57.1 Å². The van der Waals surface area contributed by atoms with Crippen LogP contribution in [0.3, 0.4) is 0 Å². The van der Waals surface area contributed by atoms with Crippen molar-refractivity contribution < 1.29 is 42.2 Å². The van der Waals surface area contributed by atoms with Crippen LogP contribution in [0.1, 0.15) is 48.1 Å². The molecule has 3 aromatic rings. The Morgan fingerprint density at radius 2 is 1.89 bits per heavy atom. The number of carboxylic acid groups (broad SMARTS) is 1. The third-order valence-corrected chi connectivity index (χ3v) is 7.68. The molecule has 0 fully saturated rings. The predicted molar refractivity (Wildman–Crippen MR) is 158 cm³/mol. The third kappa shape index (κ3) is 7.82. The van der Waals surface area contributed by atoms with Crippen molar-refractivity contribution in [3.8, 4) is 6.07 Å². The van der Waals surface area contributed by atoms with Gasteiger partial charge in [0.2, 0.25) is 5.95 Å². The number of nitrogens with zero attached hydrogens (tertiary/aromatic N) is 5. The van der Waals surface area contributed by atoms with Gasteiger partial charge in [-0.3, -0.25) is 4.90 Å². The average Bonchev–Trinajstić information content (AvgIpc) is 3.39. The number of carbonyl (C=O) groups excluding carboxylic acids is 2. The normalized spacial score (nSPS) is 14.6. The van der Waals surface area contributed by atoms with Gasteiger partial charge in [0.1, 0.15) is 6.04 Å². The van der Waals surface area contributed by atoms with Crippen molar-refractivity contribution in [3.05, 3.63) is 86.5 Å². The molecule has 0 amide bonds. The number of anilines is 2. The lowest BCUT2D eigenvalue weighted by atomic mass is 9.88. The molecule has 0 unspecified atom stereocenters. The number of alkyl halides is 3. The van der Waals surface area contributed by atoms with Crippen molar-refractivity contribution in [1.29, 1.82) is 5.26 Å². The first-order chi connectivity index (χ1) is 21.7. The zero-order chi connectivity index (χ0) is 34.2. The SMILES string of the molecule is COC(=O)C1=C(C)N(c2cccc(C(F)(F)F)c2)c2n[nH]c(=O)n2[C@@H]1c1ccc(C#N)cc1CCC[N+](C)(C)CCCO.O=C[O-]. The summed E-state index contributed by atoms with van der Waals surface area (Å²) in [5, 5.41) is 33.6. The molecule has 0 radical (unpaired) electrons. The van der Waals surface area contributed by atoms with E-state index in [2.05, 4.69) is 30.4 Å². The van der Waals surface area contributed by atoms with Crippen LogP contribution in [0.5, 0.6) is 0 Å². The van der Waals surface area contributed by atoms with E-state index in [9.17, 15) is 33.1 Å². The minimum atomic E-state index is -4.62. The summed E-state index contributed by atoms with van der Waals surface area (Å²) in [5.74, 6) is -0.771. The lowest BCUT2D eigenvalue weighted by molar-refractivity contribution is -0.890. The van der Waals surface area contributed by atoms with Crippen LogP contribution in [0, 0.1) is 11.3 Å². The van der Waals surface area contributed by atoms with Gasteiger partial charge >= 0.3 is 17.8 Å². The van der Waals surface area contributed by atoms with Gasteiger partial charge in [-0.1, -0.05) is 12.1 Å². The topological polar surface area (TPSA) is 164 Å². The number of halogens is 3. The number of hydrogen-bond acceptors (Lipinski definition) is 9. The maximum Gasteiger partial charge on any atom is 0.416 e. The largest absolute Gasteiger partial charge is 0.554 e. The van der Waals surface area contributed by atoms with Crippen molar-refractivity contribution in [2.45, 2.75) is 38.4 Å². The molecular weight excluding hydrogens is 609 g/mol. The molecule has 2 heterocycles. The molecule has 0 bridgehead atoms. The van der Waals surface area contributed by atoms with Crippen LogP contribution in [-0.4, -0.2) is 77.7 Å². The highest BCUT2D eigenvalue weighted by Gasteiger charge is 2.41. The molecule has 15 heteroatoms. The molecule has 0 saturated heterocycles. The molecule has 1 atom stereocenters. The number of aryl methyl sites for hydroxylation is 1. The minimum Gasteiger partial charge on any atom is -0.554 e. The van der Waals surface area contributed by atoms with Crippen LogP contribution in [0.25, 0.3) is 0 Å². The van der Waals surface area contributed by atoms with E-state index in [1.54, 1.807) is 25.1 Å². The summed E-state index contributed by atoms with van der Waals surface area (Å²) in [6.45, 7) is 2.70. The fraction of sp³-hybridized carbons (Fsp3) is 0.387. The summed E-state index contributed by atoms with van der Waals surface area (Å²) in [6, 6.07) is 10.6. The summed E-state index contributed by atoms with van der Waals surface area (Å²) >= 11 is 0. The van der Waals surface area contributed by atoms with Gasteiger partial charge in [-0.25, -0.2) is 19.3 Å². The molecular formula is C31H35F3N6O6. The Hall–Kier alpha value is -4.94. The average molecular weight is 645 g/mol. The zero-order valence-electron chi connectivity index (χ0n) is 25.8. The summed E-state index contributed by atoms with van der Waals surface area (Å²) in [5.41, 5.74) is 0.437. The van der Waals surface area contributed by atoms with Gasteiger partial charge in [-0.2, -0.15) is 18.4 Å². The highest BCUT2D eigenvalue weighted by molar-refractivity contribution is 5.93. The number of aromatic amines is 1. The number of benzene rings is 2. The number of carbonyl (C=O) groups is 2. The first-order valence-electron chi connectivity index (χ1n) is 14.2. The highest BCUT2D eigenvalue weighted by atomic mass is 19.4. The Morgan fingerprint density at radius 3 is 2.50 bits per heavy atom. The molecule has 2 N–H and O–H groups in total. The molecule has 1 aromatic heterocycles. The van der Waals surface area contributed by atoms with E-state index in [1.165, 1.54) is 28.7 Å². The fourth-order valence-electron chi connectivity index (χ4n) is 5.55. The monoisotopic (exact) mass is 644 g/mol. The zero-order valence-corrected chi connectivity index (χ0v) is 25.8. The predicted octanol–water partition coefficient (Wildman–Crippen LogP) is 2.41. The van der Waals surface area contributed by atoms with E-state index in [0.717, 1.165) is 30.8 Å². The number of allylic oxidation sites excluding steroid dienone is 1. The standard InChI is InChI=1S/C30H33F3N6O4.CH2O2/c1-19-25(27(41)43-4)26(24-12-11-20(18-34)16-21(24)8-6-13-39(2,3)14-7-15-40)38-28(35-36-29(38)42)37(19)23-10-5-9-22(17-23)30(31,32)33;2-1-3/h5,9-12,16-17,26,40H,6-8,13-15H2,1-4H3;1H,(H,2,3)/t26-;/m1./s1. The maximum atomic E-state index is 13.6. The van der Waals surface area contributed by atoms with Gasteiger partial charge in [0.25, 0.3) is 0 Å². The van der Waals surface area contributed by atoms with Crippen molar-refractivity contribution in [1.82, 2.24) is 14.8 Å². The van der Waals surface area contributed by atoms with Crippen molar-refractivity contribution >= 4 is 24.1 Å². The number of aliphatic hydroxyl groups excluding tert-OH is 1. The van der Waals surface area contributed by atoms with E-state index in [-0.39, 0.29) is 29.5 Å². The second-order valence-electron chi connectivity index (χ2n) is 11.2. The Bertz CT molecular complexity index is 1690. The summed E-state index contributed by atoms with van der Waals surface area (Å²) in [4.78, 5) is 36.2. The molecule has 0 saturated carbocycles. The number of ether oxygens (including phenoxy) is 1. The summed E-state index contributed by atoms with van der Waals surface area (Å²) < 4.78 is 47.8. The maximum absolute atomic E-state index is 13.6. The molecule has 2 aromatic carbocycles. The van der Waals surface area contributed by atoms with Crippen molar-refractivity contribution in [3.63, 3.8) is 0 Å². The number of esters is 1. The minimum absolute atomic E-state index is 0.00316. The number of rotatable bonds is 10. The van der Waals surface area contributed by atoms with Crippen LogP contribution in [-0.2, 0) is 26.9 Å². The number of nitriles is 1. The third-order valence-electron chi connectivity index (χ3n) is 7.68. The molecule has 0 aliphatic carbocycles. The smallest absolute Gasteiger partial charge is 0.416 e. The molecule has 12 nitrogen and oxygen atoms in total. The lowest BCUT2D eigenvalue weighted by Crippen LogP contribution is -2.41. The Kier molecular flexibility index (Phi) is 11.5. The fourth-order valence-corrected chi connectivity index (χ4v) is 5.55. The Labute approximate surface area is 263 Å². The number of fused-ring (bicyclic) bond motifs is 1. The van der Waals surface area contributed by atoms with E-state index < -0.39 is 35.9 Å². The number of hydrogen-bond donors (Lipinski definition) is 2.